The molecule has 0 atom stereocenters. The molecule has 5 heteroatoms. The fraction of sp³-hybridized carbons (Fsp3) is 0. The van der Waals surface area contributed by atoms with Gasteiger partial charge in [0.05, 0.1) is 0 Å². The number of fused-ring (bicyclic) bond motifs is 6. The van der Waals surface area contributed by atoms with Crippen LogP contribution in [-0.2, 0) is 0 Å². The van der Waals surface area contributed by atoms with Gasteiger partial charge in [0.15, 0.2) is 17.5 Å². The summed E-state index contributed by atoms with van der Waals surface area (Å²) in [6, 6.07) is 64.5. The maximum Gasteiger partial charge on any atom is 0.164 e. The minimum absolute atomic E-state index is 0.612. The van der Waals surface area contributed by atoms with Gasteiger partial charge in [-0.05, 0) is 69.8 Å². The lowest BCUT2D eigenvalue weighted by Crippen LogP contribution is -2.01. The number of hydrogen-bond donors (Lipinski definition) is 0. The van der Waals surface area contributed by atoms with Gasteiger partial charge in [0.1, 0.15) is 22.3 Å². The lowest BCUT2D eigenvalue weighted by molar-refractivity contribution is 0.668. The molecule has 0 aliphatic heterocycles. The van der Waals surface area contributed by atoms with Crippen LogP contribution in [0.25, 0.3) is 111 Å². The van der Waals surface area contributed by atoms with E-state index in [0.29, 0.717) is 17.5 Å². The highest BCUT2D eigenvalue weighted by Crippen LogP contribution is 2.42. The zero-order chi connectivity index (χ0) is 37.0. The number of nitrogens with zero attached hydrogens (tertiary/aromatic N) is 3. The van der Waals surface area contributed by atoms with E-state index in [4.69, 9.17) is 23.8 Å². The fourth-order valence-electron chi connectivity index (χ4n) is 7.94. The van der Waals surface area contributed by atoms with Crippen molar-refractivity contribution in [3.63, 3.8) is 0 Å². The van der Waals surface area contributed by atoms with Crippen molar-refractivity contribution in [2.45, 2.75) is 0 Å². The van der Waals surface area contributed by atoms with Gasteiger partial charge in [0.25, 0.3) is 0 Å². The van der Waals surface area contributed by atoms with Crippen LogP contribution in [0.4, 0.5) is 0 Å². The maximum atomic E-state index is 6.56. The van der Waals surface area contributed by atoms with E-state index in [1.54, 1.807) is 0 Å². The van der Waals surface area contributed by atoms with Crippen LogP contribution >= 0.6 is 0 Å². The summed E-state index contributed by atoms with van der Waals surface area (Å²) >= 11 is 0. The van der Waals surface area contributed by atoms with Gasteiger partial charge in [-0.25, -0.2) is 15.0 Å². The first-order valence-corrected chi connectivity index (χ1v) is 18.7. The molecular formula is C51H31N3O2. The Morgan fingerprint density at radius 3 is 1.54 bits per heavy atom. The average Bonchev–Trinajstić information content (AvgIpc) is 3.85. The zero-order valence-corrected chi connectivity index (χ0v) is 30.1. The van der Waals surface area contributed by atoms with E-state index in [0.717, 1.165) is 93.9 Å². The van der Waals surface area contributed by atoms with Gasteiger partial charge in [-0.1, -0.05) is 152 Å². The minimum Gasteiger partial charge on any atom is -0.456 e. The normalized spacial score (nSPS) is 11.6. The first kappa shape index (κ1) is 31.9. The first-order chi connectivity index (χ1) is 27.7. The molecule has 0 unspecified atom stereocenters. The van der Waals surface area contributed by atoms with Crippen LogP contribution in [0.2, 0.25) is 0 Å². The van der Waals surface area contributed by atoms with Crippen LogP contribution in [0.1, 0.15) is 0 Å². The molecule has 56 heavy (non-hydrogen) atoms. The lowest BCUT2D eigenvalue weighted by atomic mass is 9.91. The first-order valence-electron chi connectivity index (χ1n) is 18.7. The van der Waals surface area contributed by atoms with E-state index in [-0.39, 0.29) is 0 Å². The SMILES string of the molecule is c1ccc(-c2nc(-c3ccccc3)nc(-c3ccccc3-c3ccc4c(c3)oc3ccc(-c5ccccc5-c5cccc6oc7ccccc7c56)cc34)n2)cc1. The van der Waals surface area contributed by atoms with Crippen LogP contribution in [0, 0.1) is 0 Å². The fourth-order valence-corrected chi connectivity index (χ4v) is 7.94. The number of rotatable bonds is 6. The van der Waals surface area contributed by atoms with Crippen LogP contribution in [0.15, 0.2) is 197 Å². The smallest absolute Gasteiger partial charge is 0.164 e. The summed E-state index contributed by atoms with van der Waals surface area (Å²) in [7, 11) is 0. The minimum atomic E-state index is 0.612. The van der Waals surface area contributed by atoms with Gasteiger partial charge >= 0.3 is 0 Å². The summed E-state index contributed by atoms with van der Waals surface area (Å²) in [5.74, 6) is 1.87. The largest absolute Gasteiger partial charge is 0.456 e. The molecule has 262 valence electrons. The molecule has 0 radical (unpaired) electrons. The third-order valence-electron chi connectivity index (χ3n) is 10.6. The lowest BCUT2D eigenvalue weighted by Gasteiger charge is -2.12. The highest BCUT2D eigenvalue weighted by Gasteiger charge is 2.19. The number of aromatic nitrogens is 3. The average molecular weight is 718 g/mol. The molecule has 0 N–H and O–H groups in total. The van der Waals surface area contributed by atoms with Crippen LogP contribution in [0.5, 0.6) is 0 Å². The number of furan rings is 2. The highest BCUT2D eigenvalue weighted by atomic mass is 16.3. The molecule has 0 aliphatic carbocycles. The Morgan fingerprint density at radius 1 is 0.268 bits per heavy atom. The van der Waals surface area contributed by atoms with Crippen molar-refractivity contribution in [3.8, 4) is 67.5 Å². The second kappa shape index (κ2) is 13.0. The van der Waals surface area contributed by atoms with Gasteiger partial charge < -0.3 is 8.83 Å². The van der Waals surface area contributed by atoms with Gasteiger partial charge in [-0.15, -0.1) is 0 Å². The zero-order valence-electron chi connectivity index (χ0n) is 30.1. The Hall–Kier alpha value is -7.63. The molecule has 0 aliphatic rings. The predicted molar refractivity (Wildman–Crippen MR) is 227 cm³/mol. The van der Waals surface area contributed by atoms with Crippen LogP contribution in [-0.4, -0.2) is 15.0 Å². The van der Waals surface area contributed by atoms with E-state index in [2.05, 4.69) is 103 Å². The quantitative estimate of drug-likeness (QED) is 0.171. The standard InChI is InChI=1S/C51H31N3O2/c1-3-14-32(15-4-1)49-52-50(33-16-5-2-6-17-33)54-51(53-49)41-21-10-8-19-37(41)35-26-28-39-43-30-34(27-29-45(43)56-47(39)31-35)36-18-7-9-20-38(36)40-23-13-25-46-48(40)42-22-11-12-24-44(42)55-46/h1-31H. The third-order valence-corrected chi connectivity index (χ3v) is 10.6. The second-order valence-electron chi connectivity index (χ2n) is 13.9. The molecule has 0 bridgehead atoms. The van der Waals surface area contributed by atoms with E-state index in [1.165, 1.54) is 0 Å². The summed E-state index contributed by atoms with van der Waals surface area (Å²) in [5, 5.41) is 4.37. The number of hydrogen-bond acceptors (Lipinski definition) is 5. The van der Waals surface area contributed by atoms with Crippen molar-refractivity contribution in [1.29, 1.82) is 0 Å². The van der Waals surface area contributed by atoms with Crippen molar-refractivity contribution in [2.24, 2.45) is 0 Å². The molecule has 0 saturated heterocycles. The van der Waals surface area contributed by atoms with Gasteiger partial charge in [-0.2, -0.15) is 0 Å². The maximum absolute atomic E-state index is 6.56. The summed E-state index contributed by atoms with van der Waals surface area (Å²) in [5.41, 5.74) is 12.8. The Bertz CT molecular complexity index is 3200. The Labute approximate surface area is 322 Å². The highest BCUT2D eigenvalue weighted by molar-refractivity contribution is 6.14. The van der Waals surface area contributed by atoms with Crippen molar-refractivity contribution >= 4 is 43.9 Å². The van der Waals surface area contributed by atoms with Crippen molar-refractivity contribution < 1.29 is 8.83 Å². The molecule has 11 rings (SSSR count). The molecule has 8 aromatic carbocycles. The summed E-state index contributed by atoms with van der Waals surface area (Å²) in [4.78, 5) is 15.0. The Morgan fingerprint density at radius 2 is 0.786 bits per heavy atom. The van der Waals surface area contributed by atoms with Crippen molar-refractivity contribution in [1.82, 2.24) is 15.0 Å². The molecule has 0 spiro atoms. The molecule has 11 aromatic rings. The third kappa shape index (κ3) is 5.37. The second-order valence-corrected chi connectivity index (χ2v) is 13.9. The van der Waals surface area contributed by atoms with Crippen molar-refractivity contribution in [2.75, 3.05) is 0 Å². The Kier molecular flexibility index (Phi) is 7.42. The number of benzene rings is 8. The summed E-state index contributed by atoms with van der Waals surface area (Å²) in [6.07, 6.45) is 0. The molecule has 0 fully saturated rings. The predicted octanol–water partition coefficient (Wildman–Crippen LogP) is 13.7. The topological polar surface area (TPSA) is 65.0 Å². The molecule has 0 saturated carbocycles. The summed E-state index contributed by atoms with van der Waals surface area (Å²) in [6.45, 7) is 0. The van der Waals surface area contributed by atoms with Gasteiger partial charge in [0.2, 0.25) is 0 Å². The van der Waals surface area contributed by atoms with Gasteiger partial charge in [0, 0.05) is 38.2 Å². The van der Waals surface area contributed by atoms with E-state index in [9.17, 15) is 0 Å². The van der Waals surface area contributed by atoms with Crippen molar-refractivity contribution in [3.05, 3.63) is 188 Å². The van der Waals surface area contributed by atoms with Crippen LogP contribution < -0.4 is 0 Å². The molecule has 5 nitrogen and oxygen atoms in total. The van der Waals surface area contributed by atoms with E-state index in [1.807, 2.05) is 84.9 Å². The summed E-state index contributed by atoms with van der Waals surface area (Å²) < 4.78 is 12.8. The van der Waals surface area contributed by atoms with Gasteiger partial charge in [-0.3, -0.25) is 0 Å². The molecule has 0 amide bonds. The molecule has 3 aromatic heterocycles. The Balaban J connectivity index is 1.02. The monoisotopic (exact) mass is 717 g/mol. The van der Waals surface area contributed by atoms with E-state index >= 15 is 0 Å². The molecule has 3 heterocycles. The van der Waals surface area contributed by atoms with Crippen LogP contribution in [0.3, 0.4) is 0 Å². The van der Waals surface area contributed by atoms with E-state index < -0.39 is 0 Å². The molecular weight excluding hydrogens is 687 g/mol. The number of para-hydroxylation sites is 1.